The summed E-state index contributed by atoms with van der Waals surface area (Å²) in [6.07, 6.45) is 3.99. The van der Waals surface area contributed by atoms with Crippen molar-refractivity contribution in [2.24, 2.45) is 0 Å². The second-order valence-electron chi connectivity index (χ2n) is 5.85. The van der Waals surface area contributed by atoms with Crippen molar-refractivity contribution in [2.75, 3.05) is 7.11 Å². The summed E-state index contributed by atoms with van der Waals surface area (Å²) < 4.78 is 6.90. The van der Waals surface area contributed by atoms with Gasteiger partial charge in [-0.25, -0.2) is 14.6 Å². The van der Waals surface area contributed by atoms with Crippen LogP contribution in [-0.4, -0.2) is 38.8 Å². The van der Waals surface area contributed by atoms with Crippen LogP contribution in [0.1, 0.15) is 4.88 Å². The van der Waals surface area contributed by atoms with E-state index < -0.39 is 11.9 Å². The third-order valence-electron chi connectivity index (χ3n) is 4.18. The molecule has 1 aromatic carbocycles. The highest BCUT2D eigenvalue weighted by molar-refractivity contribution is 8.03. The predicted octanol–water partition coefficient (Wildman–Crippen LogP) is 2.78. The molecular formula is C18H15N3O4S2. The minimum atomic E-state index is -1.08. The molecule has 2 N–H and O–H groups in total. The van der Waals surface area contributed by atoms with E-state index in [0.29, 0.717) is 12.0 Å². The molecule has 1 aliphatic heterocycles. The number of ether oxygens (including phenoxy) is 1. The fraction of sp³-hybridized carbons (Fsp3) is 0.167. The van der Waals surface area contributed by atoms with Gasteiger partial charge in [-0.2, -0.15) is 0 Å². The number of fused-ring (bicyclic) bond motifs is 3. The van der Waals surface area contributed by atoms with Crippen molar-refractivity contribution in [2.45, 2.75) is 11.7 Å². The summed E-state index contributed by atoms with van der Waals surface area (Å²) in [6.45, 7) is 0. The lowest BCUT2D eigenvalue weighted by Gasteiger charge is -2.14. The maximum absolute atomic E-state index is 12.2. The summed E-state index contributed by atoms with van der Waals surface area (Å²) in [4.78, 5) is 29.9. The molecule has 3 heterocycles. The van der Waals surface area contributed by atoms with Crippen molar-refractivity contribution < 1.29 is 19.4 Å². The van der Waals surface area contributed by atoms with Crippen molar-refractivity contribution in [3.05, 3.63) is 58.2 Å². The summed E-state index contributed by atoms with van der Waals surface area (Å²) >= 11 is 2.84. The molecule has 0 saturated carbocycles. The van der Waals surface area contributed by atoms with Gasteiger partial charge in [0, 0.05) is 27.9 Å². The molecule has 1 unspecified atom stereocenters. The molecule has 4 rings (SSSR count). The average molecular weight is 401 g/mol. The van der Waals surface area contributed by atoms with Gasteiger partial charge in [-0.05, 0) is 18.6 Å². The van der Waals surface area contributed by atoms with Crippen LogP contribution in [0.5, 0.6) is 0 Å². The maximum Gasteiger partial charge on any atom is 0.352 e. The number of methoxy groups -OCH3 is 1. The summed E-state index contributed by atoms with van der Waals surface area (Å²) in [5, 5.41) is 13.1. The number of carboxylic acids is 1. The Labute approximate surface area is 162 Å². The van der Waals surface area contributed by atoms with E-state index in [9.17, 15) is 14.7 Å². The molecule has 0 spiro atoms. The molecule has 0 saturated heterocycles. The van der Waals surface area contributed by atoms with Crippen LogP contribution >= 0.6 is 23.1 Å². The van der Waals surface area contributed by atoms with Gasteiger partial charge in [-0.3, -0.25) is 4.40 Å². The summed E-state index contributed by atoms with van der Waals surface area (Å²) in [6, 6.07) is 7.90. The molecule has 9 heteroatoms. The highest BCUT2D eigenvalue weighted by Gasteiger charge is 2.26. The lowest BCUT2D eigenvalue weighted by atomic mass is 10.1. The standard InChI is InChI=1S/C18H15N3O4S2/c1-25-17(24)11-7-19-13(16(22)23)9-26-15(11)6-10-8-21-14-5-3-2-4-12(14)20-18(21)27-10/h2-5,7-9,15,19H,6H2,1H3,(H,22,23). The van der Waals surface area contributed by atoms with Crippen molar-refractivity contribution in [1.29, 1.82) is 0 Å². The number of thioether (sulfide) groups is 1. The van der Waals surface area contributed by atoms with E-state index in [-0.39, 0.29) is 10.9 Å². The molecule has 0 fully saturated rings. The van der Waals surface area contributed by atoms with E-state index in [4.69, 9.17) is 4.74 Å². The van der Waals surface area contributed by atoms with Crippen LogP contribution in [0.25, 0.3) is 16.0 Å². The topological polar surface area (TPSA) is 92.9 Å². The van der Waals surface area contributed by atoms with Gasteiger partial charge in [0.05, 0.1) is 23.7 Å². The number of nitrogens with one attached hydrogen (secondary N) is 1. The van der Waals surface area contributed by atoms with E-state index in [1.54, 1.807) is 11.3 Å². The molecule has 0 bridgehead atoms. The normalized spacial score (nSPS) is 17.1. The number of aliphatic carboxylic acids is 1. The zero-order chi connectivity index (χ0) is 19.0. The van der Waals surface area contributed by atoms with Crippen LogP contribution in [0.4, 0.5) is 0 Å². The van der Waals surface area contributed by atoms with Gasteiger partial charge in [0.1, 0.15) is 5.70 Å². The molecule has 2 aromatic heterocycles. The number of hydrogen-bond acceptors (Lipinski definition) is 7. The Hall–Kier alpha value is -2.78. The van der Waals surface area contributed by atoms with Crippen molar-refractivity contribution in [3.63, 3.8) is 0 Å². The largest absolute Gasteiger partial charge is 0.477 e. The van der Waals surface area contributed by atoms with E-state index in [1.165, 1.54) is 30.5 Å². The molecular weight excluding hydrogens is 386 g/mol. The molecule has 27 heavy (non-hydrogen) atoms. The zero-order valence-corrected chi connectivity index (χ0v) is 15.8. The quantitative estimate of drug-likeness (QED) is 0.650. The zero-order valence-electron chi connectivity index (χ0n) is 14.2. The first-order valence-corrected chi connectivity index (χ1v) is 9.82. The number of para-hydroxylation sites is 2. The van der Waals surface area contributed by atoms with Crippen LogP contribution in [0.2, 0.25) is 0 Å². The fourth-order valence-corrected chi connectivity index (χ4v) is 5.07. The number of carbonyl (C=O) groups excluding carboxylic acids is 1. The van der Waals surface area contributed by atoms with Crippen LogP contribution < -0.4 is 5.32 Å². The second-order valence-corrected chi connectivity index (χ2v) is 8.02. The molecule has 1 atom stereocenters. The molecule has 0 amide bonds. The number of aromatic nitrogens is 2. The fourth-order valence-electron chi connectivity index (χ4n) is 2.87. The first-order chi connectivity index (χ1) is 13.1. The smallest absolute Gasteiger partial charge is 0.352 e. The Kier molecular flexibility index (Phi) is 4.63. The van der Waals surface area contributed by atoms with E-state index >= 15 is 0 Å². The highest BCUT2D eigenvalue weighted by atomic mass is 32.2. The number of esters is 1. The summed E-state index contributed by atoms with van der Waals surface area (Å²) in [5.41, 5.74) is 2.39. The Morgan fingerprint density at radius 1 is 1.37 bits per heavy atom. The number of thiazole rings is 1. The molecule has 0 radical (unpaired) electrons. The van der Waals surface area contributed by atoms with Crippen LogP contribution in [0.3, 0.4) is 0 Å². The van der Waals surface area contributed by atoms with Crippen molar-refractivity contribution in [1.82, 2.24) is 14.7 Å². The Bertz CT molecular complexity index is 1110. The molecule has 1 aliphatic rings. The van der Waals surface area contributed by atoms with Gasteiger partial charge in [0.25, 0.3) is 0 Å². The molecule has 3 aromatic rings. The summed E-state index contributed by atoms with van der Waals surface area (Å²) in [5.74, 6) is -1.56. The first-order valence-electron chi connectivity index (χ1n) is 8.06. The lowest BCUT2D eigenvalue weighted by molar-refractivity contribution is -0.136. The third-order valence-corrected chi connectivity index (χ3v) is 6.30. The number of imidazole rings is 1. The molecule has 7 nitrogen and oxygen atoms in total. The van der Waals surface area contributed by atoms with Crippen molar-refractivity contribution >= 4 is 51.0 Å². The summed E-state index contributed by atoms with van der Waals surface area (Å²) in [7, 11) is 1.31. The van der Waals surface area contributed by atoms with Crippen LogP contribution in [0.15, 0.2) is 53.3 Å². The van der Waals surface area contributed by atoms with Gasteiger partial charge in [-0.1, -0.05) is 12.1 Å². The number of rotatable bonds is 4. The van der Waals surface area contributed by atoms with Gasteiger partial charge in [0.15, 0.2) is 4.96 Å². The number of carboxylic acid groups (broad SMARTS) is 1. The minimum absolute atomic E-state index is 0.0240. The molecule has 0 aliphatic carbocycles. The van der Waals surface area contributed by atoms with Gasteiger partial charge in [0.2, 0.25) is 0 Å². The average Bonchev–Trinajstić information content (AvgIpc) is 3.11. The molecule has 138 valence electrons. The lowest BCUT2D eigenvalue weighted by Crippen LogP contribution is -2.20. The number of hydrogen-bond donors (Lipinski definition) is 2. The number of nitrogens with zero attached hydrogens (tertiary/aromatic N) is 2. The SMILES string of the molecule is COC(=O)C1=CNC(C(=O)O)=CSC1Cc1cn2c(nc3ccccc32)s1. The first kappa shape index (κ1) is 17.6. The van der Waals surface area contributed by atoms with Crippen LogP contribution in [0, 0.1) is 0 Å². The van der Waals surface area contributed by atoms with Crippen LogP contribution in [-0.2, 0) is 20.7 Å². The van der Waals surface area contributed by atoms with Gasteiger partial charge in [-0.15, -0.1) is 23.1 Å². The number of benzene rings is 1. The van der Waals surface area contributed by atoms with Gasteiger partial charge >= 0.3 is 11.9 Å². The van der Waals surface area contributed by atoms with E-state index in [1.807, 2.05) is 34.9 Å². The second kappa shape index (κ2) is 7.09. The van der Waals surface area contributed by atoms with E-state index in [0.717, 1.165) is 20.9 Å². The monoisotopic (exact) mass is 401 g/mol. The van der Waals surface area contributed by atoms with E-state index in [2.05, 4.69) is 10.3 Å². The minimum Gasteiger partial charge on any atom is -0.477 e. The van der Waals surface area contributed by atoms with Crippen molar-refractivity contribution in [3.8, 4) is 0 Å². The number of carbonyl (C=O) groups is 2. The predicted molar refractivity (Wildman–Crippen MR) is 105 cm³/mol. The maximum atomic E-state index is 12.2. The third kappa shape index (κ3) is 3.31. The Balaban J connectivity index is 1.67. The Morgan fingerprint density at radius 3 is 2.96 bits per heavy atom. The Morgan fingerprint density at radius 2 is 2.19 bits per heavy atom. The highest BCUT2D eigenvalue weighted by Crippen LogP contribution is 2.31. The van der Waals surface area contributed by atoms with Gasteiger partial charge < -0.3 is 15.2 Å².